The van der Waals surface area contributed by atoms with Crippen LogP contribution in [0.1, 0.15) is 60.2 Å². The van der Waals surface area contributed by atoms with E-state index in [1.54, 1.807) is 0 Å². The summed E-state index contributed by atoms with van der Waals surface area (Å²) >= 11 is 0. The van der Waals surface area contributed by atoms with E-state index in [-0.39, 0.29) is 6.71 Å². The molecule has 0 spiro atoms. The van der Waals surface area contributed by atoms with Crippen LogP contribution in [0, 0.1) is 0 Å². The molecular weight excluding hydrogens is 641 g/mol. The molecule has 1 aromatic heterocycles. The maximum atomic E-state index is 2.67. The average Bonchev–Trinajstić information content (AvgIpc) is 3.54. The minimum atomic E-state index is -0.443. The number of aromatic nitrogens is 1. The summed E-state index contributed by atoms with van der Waals surface area (Å²) in [7, 11) is 4.28. The molecule has 10 rings (SSSR count). The van der Waals surface area contributed by atoms with Crippen molar-refractivity contribution in [2.45, 2.75) is 44.9 Å². The molecule has 0 saturated heterocycles. The summed E-state index contributed by atoms with van der Waals surface area (Å²) in [6.07, 6.45) is 9.20. The van der Waals surface area contributed by atoms with E-state index < -0.39 is 5.41 Å². The Balaban J connectivity index is 1.38. The Labute approximate surface area is 313 Å². The molecule has 3 heterocycles. The van der Waals surface area contributed by atoms with Crippen molar-refractivity contribution in [2.24, 2.45) is 0 Å². The molecule has 2 aliphatic heterocycles. The second-order valence-corrected chi connectivity index (χ2v) is 15.5. The number of hydrogen-bond acceptors (Lipinski definition) is 2. The van der Waals surface area contributed by atoms with Crippen LogP contribution in [0.2, 0.25) is 0 Å². The quantitative estimate of drug-likeness (QED) is 0.167. The first-order valence-electron chi connectivity index (χ1n) is 19.3. The number of fused-ring (bicyclic) bond motifs is 7. The summed E-state index contributed by atoms with van der Waals surface area (Å²) < 4.78 is 2.67. The summed E-state index contributed by atoms with van der Waals surface area (Å²) in [6.45, 7) is 4.70. The van der Waals surface area contributed by atoms with Gasteiger partial charge in [-0.15, -0.1) is 0 Å². The molecule has 0 N–H and O–H groups in total. The van der Waals surface area contributed by atoms with Gasteiger partial charge in [0.05, 0.1) is 5.52 Å². The highest BCUT2D eigenvalue weighted by molar-refractivity contribution is 6.99. The lowest BCUT2D eigenvalue weighted by Crippen LogP contribution is -2.65. The van der Waals surface area contributed by atoms with Gasteiger partial charge in [0.1, 0.15) is 0 Å². The Hall–Kier alpha value is -5.74. The highest BCUT2D eigenvalue weighted by Gasteiger charge is 2.50. The zero-order valence-electron chi connectivity index (χ0n) is 31.1. The van der Waals surface area contributed by atoms with Gasteiger partial charge in [-0.05, 0) is 121 Å². The fraction of sp³-hybridized carbons (Fsp3) is 0.184. The Morgan fingerprint density at radius 1 is 0.698 bits per heavy atom. The second-order valence-electron chi connectivity index (χ2n) is 15.5. The van der Waals surface area contributed by atoms with Crippen molar-refractivity contribution in [3.05, 3.63) is 173 Å². The van der Waals surface area contributed by atoms with Crippen molar-refractivity contribution >= 4 is 62.8 Å². The predicted octanol–water partition coefficient (Wildman–Crippen LogP) is 9.58. The minimum Gasteiger partial charge on any atom is -0.378 e. The van der Waals surface area contributed by atoms with Gasteiger partial charge in [-0.1, -0.05) is 109 Å². The molecule has 6 aromatic carbocycles. The summed E-state index contributed by atoms with van der Waals surface area (Å²) in [5.41, 5.74) is 19.6. The summed E-state index contributed by atoms with van der Waals surface area (Å²) in [4.78, 5) is 4.75. The molecule has 1 unspecified atom stereocenters. The van der Waals surface area contributed by atoms with Gasteiger partial charge in [0.2, 0.25) is 6.71 Å². The molecule has 0 radical (unpaired) electrons. The first-order chi connectivity index (χ1) is 26.0. The fourth-order valence-corrected chi connectivity index (χ4v) is 10.1. The van der Waals surface area contributed by atoms with Crippen molar-refractivity contribution < 1.29 is 0 Å². The highest BCUT2D eigenvalue weighted by Crippen LogP contribution is 2.49. The highest BCUT2D eigenvalue weighted by atomic mass is 15.2. The standard InChI is InChI=1S/C49H44BN3/c1-5-17-33-30-39-48-46(31-33)52(35-20-10-7-11-21-35)45-32-36(51(3)4)28-29-40(45)50(48)41-24-16-27-44(47(41)49(39,2)34-18-8-6-9-19-34)53-42-25-14-12-22-37(42)38-23-13-15-26-43(38)53/h5-12,14,16-22,24-25,27-32H,13,15,23,26H2,1-4H3/b17-5+. The SMILES string of the molecule is C/C=C/c1cc2c3c(c1)C(C)(c1ccccc1)c1c(cccc1-n1c4c(c5ccccc51)CCCC4)B3c1ccc(N(C)C)cc1N2c1ccccc1. The molecule has 3 nitrogen and oxygen atoms in total. The van der Waals surface area contributed by atoms with Crippen molar-refractivity contribution in [3.63, 3.8) is 0 Å². The monoisotopic (exact) mass is 685 g/mol. The van der Waals surface area contributed by atoms with Crippen molar-refractivity contribution in [1.82, 2.24) is 4.57 Å². The molecule has 3 aliphatic rings. The van der Waals surface area contributed by atoms with Gasteiger partial charge in [0.15, 0.2) is 0 Å². The van der Waals surface area contributed by atoms with Gasteiger partial charge in [-0.25, -0.2) is 0 Å². The maximum absolute atomic E-state index is 2.67. The molecule has 1 aliphatic carbocycles. The van der Waals surface area contributed by atoms with E-state index in [0.717, 1.165) is 12.8 Å². The predicted molar refractivity (Wildman–Crippen MR) is 227 cm³/mol. The fourth-order valence-electron chi connectivity index (χ4n) is 10.1. The summed E-state index contributed by atoms with van der Waals surface area (Å²) in [5.74, 6) is 0. The van der Waals surface area contributed by atoms with Crippen LogP contribution in [0.15, 0.2) is 140 Å². The summed E-state index contributed by atoms with van der Waals surface area (Å²) in [6, 6.07) is 50.7. The largest absolute Gasteiger partial charge is 0.378 e. The second kappa shape index (κ2) is 12.2. The Bertz CT molecular complexity index is 2580. The molecular formula is C49H44BN3. The number of rotatable bonds is 5. The van der Waals surface area contributed by atoms with Crippen LogP contribution in [-0.2, 0) is 18.3 Å². The van der Waals surface area contributed by atoms with Gasteiger partial charge >= 0.3 is 0 Å². The Kier molecular flexibility index (Phi) is 7.34. The minimum absolute atomic E-state index is 0.0650. The van der Waals surface area contributed by atoms with Crippen LogP contribution in [0.3, 0.4) is 0 Å². The Morgan fingerprint density at radius 3 is 2.25 bits per heavy atom. The van der Waals surface area contributed by atoms with Crippen LogP contribution in [-0.4, -0.2) is 25.4 Å². The third-order valence-electron chi connectivity index (χ3n) is 12.4. The van der Waals surface area contributed by atoms with Gasteiger partial charge in [0, 0.05) is 59.0 Å². The lowest BCUT2D eigenvalue weighted by atomic mass is 9.29. The molecule has 0 bridgehead atoms. The number of anilines is 4. The number of hydrogen-bond donors (Lipinski definition) is 0. The van der Waals surface area contributed by atoms with E-state index in [9.17, 15) is 0 Å². The Morgan fingerprint density at radius 2 is 1.45 bits per heavy atom. The van der Waals surface area contributed by atoms with E-state index in [4.69, 9.17) is 0 Å². The van der Waals surface area contributed by atoms with Crippen LogP contribution < -0.4 is 26.2 Å². The van der Waals surface area contributed by atoms with Gasteiger partial charge in [-0.2, -0.15) is 0 Å². The third-order valence-corrected chi connectivity index (χ3v) is 12.4. The molecule has 53 heavy (non-hydrogen) atoms. The van der Waals surface area contributed by atoms with E-state index in [1.165, 1.54) is 102 Å². The van der Waals surface area contributed by atoms with E-state index in [2.05, 4.69) is 188 Å². The number of nitrogens with zero attached hydrogens (tertiary/aromatic N) is 3. The van der Waals surface area contributed by atoms with Crippen LogP contribution in [0.5, 0.6) is 0 Å². The van der Waals surface area contributed by atoms with Crippen LogP contribution >= 0.6 is 0 Å². The maximum Gasteiger partial charge on any atom is 0.247 e. The van der Waals surface area contributed by atoms with Gasteiger partial charge in [0.25, 0.3) is 0 Å². The molecule has 0 fully saturated rings. The van der Waals surface area contributed by atoms with E-state index >= 15 is 0 Å². The first-order valence-corrected chi connectivity index (χ1v) is 19.3. The molecule has 0 saturated carbocycles. The number of para-hydroxylation sites is 2. The normalized spacial score (nSPS) is 17.1. The smallest absolute Gasteiger partial charge is 0.247 e. The molecule has 0 amide bonds. The lowest BCUT2D eigenvalue weighted by Gasteiger charge is -2.48. The molecule has 7 aromatic rings. The van der Waals surface area contributed by atoms with Crippen LogP contribution in [0.4, 0.5) is 22.7 Å². The van der Waals surface area contributed by atoms with Crippen molar-refractivity contribution in [1.29, 1.82) is 0 Å². The number of aryl methyl sites for hydroxylation is 1. The van der Waals surface area contributed by atoms with E-state index in [1.807, 2.05) is 0 Å². The third kappa shape index (κ3) is 4.61. The topological polar surface area (TPSA) is 11.4 Å². The molecule has 1 atom stereocenters. The zero-order chi connectivity index (χ0) is 35.8. The van der Waals surface area contributed by atoms with Crippen molar-refractivity contribution in [3.8, 4) is 5.69 Å². The molecule has 258 valence electrons. The molecule has 4 heteroatoms. The number of allylic oxidation sites excluding steroid dienone is 1. The zero-order valence-corrected chi connectivity index (χ0v) is 31.1. The number of benzene rings is 6. The average molecular weight is 686 g/mol. The van der Waals surface area contributed by atoms with E-state index in [0.29, 0.717) is 0 Å². The van der Waals surface area contributed by atoms with Gasteiger partial charge < -0.3 is 14.4 Å². The van der Waals surface area contributed by atoms with Crippen LogP contribution in [0.25, 0.3) is 22.7 Å². The van der Waals surface area contributed by atoms with Crippen molar-refractivity contribution in [2.75, 3.05) is 23.9 Å². The van der Waals surface area contributed by atoms with Gasteiger partial charge in [-0.3, -0.25) is 0 Å². The first kappa shape index (κ1) is 32.0. The summed E-state index contributed by atoms with van der Waals surface area (Å²) in [5, 5.41) is 1.41. The lowest BCUT2D eigenvalue weighted by molar-refractivity contribution is 0.657.